The Hall–Kier alpha value is -3.63. The van der Waals surface area contributed by atoms with Crippen LogP contribution in [0.4, 0.5) is 5.69 Å². The van der Waals surface area contributed by atoms with Crippen LogP contribution in [0.3, 0.4) is 0 Å². The third kappa shape index (κ3) is 3.47. The summed E-state index contributed by atoms with van der Waals surface area (Å²) in [6.07, 6.45) is 5.68. The Balaban J connectivity index is 1.63. The number of rotatable bonds is 4. The molecule has 0 atom stereocenters. The molecular weight excluding hydrogens is 422 g/mol. The first-order valence-corrected chi connectivity index (χ1v) is 12.0. The molecule has 0 aliphatic carbocycles. The predicted octanol–water partition coefficient (Wildman–Crippen LogP) is 7.20. The molecule has 0 radical (unpaired) electrons. The van der Waals surface area contributed by atoms with Crippen LogP contribution in [-0.2, 0) is 13.0 Å². The van der Waals surface area contributed by atoms with E-state index in [1.165, 1.54) is 46.4 Å². The molecule has 0 amide bonds. The molecule has 1 N–H and O–H groups in total. The summed E-state index contributed by atoms with van der Waals surface area (Å²) in [6, 6.07) is 31.6. The van der Waals surface area contributed by atoms with Gasteiger partial charge in [-0.2, -0.15) is 0 Å². The van der Waals surface area contributed by atoms with Gasteiger partial charge in [-0.15, -0.1) is 0 Å². The van der Waals surface area contributed by atoms with Crippen LogP contribution in [0.15, 0.2) is 97.2 Å². The molecule has 6 rings (SSSR count). The quantitative estimate of drug-likeness (QED) is 0.294. The van der Waals surface area contributed by atoms with Crippen LogP contribution in [0.2, 0.25) is 0 Å². The van der Waals surface area contributed by atoms with Crippen LogP contribution in [-0.4, -0.2) is 14.0 Å². The van der Waals surface area contributed by atoms with Crippen LogP contribution < -0.4 is 5.32 Å². The van der Waals surface area contributed by atoms with E-state index in [2.05, 4.69) is 93.3 Å². The highest BCUT2D eigenvalue weighted by Crippen LogP contribution is 2.39. The maximum atomic E-state index is 6.06. The normalized spacial score (nSPS) is 13.1. The van der Waals surface area contributed by atoms with Gasteiger partial charge in [0.05, 0.1) is 11.4 Å². The van der Waals surface area contributed by atoms with Crippen molar-refractivity contribution < 1.29 is 0 Å². The Labute approximate surface area is 199 Å². The molecule has 162 valence electrons. The molecule has 4 heteroatoms. The standard InChI is InChI=1S/C29H25N3S/c33-28(30-23-16-8-3-9-17-23)27-26(22-14-6-2-7-15-22)24-18-10-11-19-31-25(20-32(27)29(24)31)21-12-4-1-5-13-21/h1-9,12-17,20H,10-11,18-19H2,(H,30,33). The SMILES string of the molecule is S=C(Nc1ccccc1)c1c(-c2ccccc2)c2c3n(c(-c4ccccc4)cn13)CCCC2. The van der Waals surface area contributed by atoms with E-state index < -0.39 is 0 Å². The number of para-hydroxylation sites is 1. The van der Waals surface area contributed by atoms with Gasteiger partial charge in [-0.25, -0.2) is 0 Å². The number of anilines is 1. The van der Waals surface area contributed by atoms with Crippen LogP contribution in [0.5, 0.6) is 0 Å². The fourth-order valence-electron chi connectivity index (χ4n) is 5.08. The van der Waals surface area contributed by atoms with Gasteiger partial charge in [0.15, 0.2) is 0 Å². The number of aromatic nitrogens is 2. The van der Waals surface area contributed by atoms with Gasteiger partial charge in [0.1, 0.15) is 10.6 Å². The van der Waals surface area contributed by atoms with Crippen molar-refractivity contribution in [2.75, 3.05) is 5.32 Å². The monoisotopic (exact) mass is 447 g/mol. The lowest BCUT2D eigenvalue weighted by atomic mass is 9.98. The van der Waals surface area contributed by atoms with Crippen molar-refractivity contribution in [2.24, 2.45) is 0 Å². The van der Waals surface area contributed by atoms with E-state index in [0.29, 0.717) is 0 Å². The van der Waals surface area contributed by atoms with E-state index in [1.54, 1.807) is 0 Å². The first-order chi connectivity index (χ1) is 16.3. The summed E-state index contributed by atoms with van der Waals surface area (Å²) >= 11 is 6.06. The number of nitrogens with zero attached hydrogens (tertiary/aromatic N) is 2. The van der Waals surface area contributed by atoms with E-state index in [9.17, 15) is 0 Å². The molecule has 1 aliphatic rings. The van der Waals surface area contributed by atoms with E-state index in [0.717, 1.165) is 29.3 Å². The largest absolute Gasteiger partial charge is 0.345 e. The molecule has 0 spiro atoms. The first-order valence-electron chi connectivity index (χ1n) is 11.5. The fourth-order valence-corrected chi connectivity index (χ4v) is 5.39. The Kier molecular flexibility index (Phi) is 5.08. The summed E-state index contributed by atoms with van der Waals surface area (Å²) in [7, 11) is 0. The molecule has 0 bridgehead atoms. The lowest BCUT2D eigenvalue weighted by Gasteiger charge is -2.12. The Morgan fingerprint density at radius 1 is 0.758 bits per heavy atom. The summed E-state index contributed by atoms with van der Waals surface area (Å²) in [4.78, 5) is 0.749. The van der Waals surface area contributed by atoms with Crippen molar-refractivity contribution in [1.29, 1.82) is 0 Å². The van der Waals surface area contributed by atoms with Gasteiger partial charge >= 0.3 is 0 Å². The topological polar surface area (TPSA) is 21.4 Å². The van der Waals surface area contributed by atoms with Crippen LogP contribution in [0.1, 0.15) is 24.1 Å². The second-order valence-corrected chi connectivity index (χ2v) is 8.98. The summed E-state index contributed by atoms with van der Waals surface area (Å²) < 4.78 is 4.84. The third-order valence-corrected chi connectivity index (χ3v) is 6.81. The Morgan fingerprint density at radius 3 is 2.09 bits per heavy atom. The zero-order valence-electron chi connectivity index (χ0n) is 18.4. The third-order valence-electron chi connectivity index (χ3n) is 6.51. The Bertz CT molecular complexity index is 1430. The number of benzene rings is 3. The molecule has 5 aromatic rings. The lowest BCUT2D eigenvalue weighted by molar-refractivity contribution is 0.647. The van der Waals surface area contributed by atoms with Crippen molar-refractivity contribution in [3.05, 3.63) is 108 Å². The van der Waals surface area contributed by atoms with Gasteiger partial charge in [0.2, 0.25) is 0 Å². The minimum Gasteiger partial charge on any atom is -0.345 e. The van der Waals surface area contributed by atoms with E-state index >= 15 is 0 Å². The number of imidazole rings is 1. The van der Waals surface area contributed by atoms with Crippen molar-refractivity contribution in [2.45, 2.75) is 25.8 Å². The second kappa shape index (κ2) is 8.38. The molecule has 3 aromatic carbocycles. The highest BCUT2D eigenvalue weighted by atomic mass is 32.1. The molecule has 1 aliphatic heterocycles. The number of nitrogens with one attached hydrogen (secondary N) is 1. The molecule has 0 saturated heterocycles. The predicted molar refractivity (Wildman–Crippen MR) is 141 cm³/mol. The summed E-state index contributed by atoms with van der Waals surface area (Å²) in [5.74, 6) is 0. The van der Waals surface area contributed by atoms with Gasteiger partial charge in [-0.3, -0.25) is 4.40 Å². The molecular formula is C29H25N3S. The molecule has 3 nitrogen and oxygen atoms in total. The molecule has 0 unspecified atom stereocenters. The van der Waals surface area contributed by atoms with E-state index in [4.69, 9.17) is 12.2 Å². The molecule has 2 aromatic heterocycles. The molecule has 0 saturated carbocycles. The minimum absolute atomic E-state index is 0.749. The fraction of sp³-hybridized carbons (Fsp3) is 0.138. The van der Waals surface area contributed by atoms with Crippen molar-refractivity contribution >= 4 is 28.5 Å². The van der Waals surface area contributed by atoms with Gasteiger partial charge in [0.25, 0.3) is 0 Å². The summed E-state index contributed by atoms with van der Waals surface area (Å²) in [5.41, 5.74) is 9.72. The lowest BCUT2D eigenvalue weighted by Crippen LogP contribution is -2.14. The molecule has 3 heterocycles. The van der Waals surface area contributed by atoms with Crippen LogP contribution >= 0.6 is 12.2 Å². The van der Waals surface area contributed by atoms with Gasteiger partial charge in [-0.05, 0) is 42.5 Å². The van der Waals surface area contributed by atoms with Crippen molar-refractivity contribution in [3.63, 3.8) is 0 Å². The highest BCUT2D eigenvalue weighted by molar-refractivity contribution is 7.81. The number of hydrogen-bond donors (Lipinski definition) is 1. The van der Waals surface area contributed by atoms with Gasteiger partial charge in [0, 0.05) is 29.6 Å². The smallest absolute Gasteiger partial charge is 0.128 e. The summed E-state index contributed by atoms with van der Waals surface area (Å²) in [5, 5.41) is 3.50. The number of hydrogen-bond acceptors (Lipinski definition) is 1. The molecule has 0 fully saturated rings. The van der Waals surface area contributed by atoms with Gasteiger partial charge < -0.3 is 9.88 Å². The van der Waals surface area contributed by atoms with Crippen molar-refractivity contribution in [3.8, 4) is 22.4 Å². The first kappa shape index (κ1) is 20.0. The average Bonchev–Trinajstić information content (AvgIpc) is 3.29. The van der Waals surface area contributed by atoms with E-state index in [1.807, 2.05) is 18.2 Å². The second-order valence-electron chi connectivity index (χ2n) is 8.57. The van der Waals surface area contributed by atoms with E-state index in [-0.39, 0.29) is 0 Å². The summed E-state index contributed by atoms with van der Waals surface area (Å²) in [6.45, 7) is 1.02. The zero-order valence-corrected chi connectivity index (χ0v) is 19.2. The van der Waals surface area contributed by atoms with Crippen LogP contribution in [0, 0.1) is 0 Å². The Morgan fingerprint density at radius 2 is 1.39 bits per heavy atom. The van der Waals surface area contributed by atoms with Crippen molar-refractivity contribution in [1.82, 2.24) is 8.97 Å². The maximum absolute atomic E-state index is 6.06. The maximum Gasteiger partial charge on any atom is 0.128 e. The number of thiocarbonyl (C=S) groups is 1. The van der Waals surface area contributed by atoms with Gasteiger partial charge in [-0.1, -0.05) is 91.1 Å². The highest BCUT2D eigenvalue weighted by Gasteiger charge is 2.28. The molecule has 33 heavy (non-hydrogen) atoms. The van der Waals surface area contributed by atoms with Crippen LogP contribution in [0.25, 0.3) is 28.0 Å². The zero-order chi connectivity index (χ0) is 22.2. The number of aryl methyl sites for hydroxylation is 2. The average molecular weight is 448 g/mol. The minimum atomic E-state index is 0.749.